The molecule has 0 spiro atoms. The second-order valence-corrected chi connectivity index (χ2v) is 5.65. The normalized spacial score (nSPS) is 10.6. The van der Waals surface area contributed by atoms with Gasteiger partial charge in [0.1, 0.15) is 0 Å². The number of nitrogen functional groups attached to an aromatic ring is 1. The molecule has 0 bridgehead atoms. The summed E-state index contributed by atoms with van der Waals surface area (Å²) >= 11 is 11.9. The van der Waals surface area contributed by atoms with Crippen molar-refractivity contribution in [1.82, 2.24) is 4.90 Å². The van der Waals surface area contributed by atoms with E-state index in [0.29, 0.717) is 21.3 Å². The summed E-state index contributed by atoms with van der Waals surface area (Å²) in [6.07, 6.45) is 4.09. The lowest BCUT2D eigenvalue weighted by Crippen LogP contribution is -2.33. The number of hydrogen-bond donors (Lipinski definition) is 1. The first-order chi connectivity index (χ1) is 9.51. The highest BCUT2D eigenvalue weighted by atomic mass is 35.5. The summed E-state index contributed by atoms with van der Waals surface area (Å²) in [5, 5.41) is 0.623. The van der Waals surface area contributed by atoms with E-state index in [2.05, 4.69) is 13.8 Å². The van der Waals surface area contributed by atoms with Crippen LogP contribution in [0.5, 0.6) is 0 Å². The van der Waals surface area contributed by atoms with Gasteiger partial charge in [0.15, 0.2) is 0 Å². The molecule has 1 aromatic carbocycles. The number of benzene rings is 1. The Labute approximate surface area is 131 Å². The fourth-order valence-corrected chi connectivity index (χ4v) is 2.26. The van der Waals surface area contributed by atoms with Crippen LogP contribution in [0.1, 0.15) is 49.9 Å². The Hall–Kier alpha value is -0.930. The molecule has 0 fully saturated rings. The van der Waals surface area contributed by atoms with Gasteiger partial charge >= 0.3 is 0 Å². The van der Waals surface area contributed by atoms with Crippen LogP contribution in [0, 0.1) is 0 Å². The topological polar surface area (TPSA) is 46.3 Å². The van der Waals surface area contributed by atoms with E-state index in [1.54, 1.807) is 12.1 Å². The molecule has 0 aromatic heterocycles. The molecule has 5 heteroatoms. The molecule has 0 saturated carbocycles. The molecule has 3 nitrogen and oxygen atoms in total. The number of carbonyl (C=O) groups excluding carboxylic acids is 1. The highest BCUT2D eigenvalue weighted by Crippen LogP contribution is 2.29. The molecule has 1 amide bonds. The van der Waals surface area contributed by atoms with E-state index in [-0.39, 0.29) is 5.91 Å². The fraction of sp³-hybridized carbons (Fsp3) is 0.533. The molecule has 20 heavy (non-hydrogen) atoms. The van der Waals surface area contributed by atoms with Gasteiger partial charge in [0.2, 0.25) is 0 Å². The molecule has 2 N–H and O–H groups in total. The molecule has 0 aliphatic rings. The third kappa shape index (κ3) is 4.57. The van der Waals surface area contributed by atoms with E-state index in [9.17, 15) is 4.79 Å². The number of amides is 1. The number of carbonyl (C=O) groups is 1. The minimum atomic E-state index is -0.0304. The minimum absolute atomic E-state index is 0.0304. The van der Waals surface area contributed by atoms with Gasteiger partial charge < -0.3 is 10.6 Å². The summed E-state index contributed by atoms with van der Waals surface area (Å²) in [4.78, 5) is 14.4. The zero-order chi connectivity index (χ0) is 15.1. The average molecular weight is 317 g/mol. The first-order valence-electron chi connectivity index (χ1n) is 7.05. The molecule has 0 atom stereocenters. The lowest BCUT2D eigenvalue weighted by molar-refractivity contribution is 0.0751. The zero-order valence-corrected chi connectivity index (χ0v) is 13.6. The lowest BCUT2D eigenvalue weighted by Gasteiger charge is -2.23. The van der Waals surface area contributed by atoms with Gasteiger partial charge in [0, 0.05) is 18.7 Å². The number of anilines is 1. The van der Waals surface area contributed by atoms with Gasteiger partial charge in [-0.2, -0.15) is 0 Å². The summed E-state index contributed by atoms with van der Waals surface area (Å²) in [6.45, 7) is 5.74. The van der Waals surface area contributed by atoms with E-state index in [0.717, 1.165) is 38.8 Å². The van der Waals surface area contributed by atoms with Crippen molar-refractivity contribution < 1.29 is 4.79 Å². The van der Waals surface area contributed by atoms with E-state index in [1.165, 1.54) is 0 Å². The van der Waals surface area contributed by atoms with Crippen LogP contribution in [0.2, 0.25) is 10.0 Å². The molecule has 1 rings (SSSR count). The van der Waals surface area contributed by atoms with Crippen molar-refractivity contribution in [2.24, 2.45) is 0 Å². The standard InChI is InChI=1S/C15H22Cl2N2O/c1-3-5-7-19(8-6-4-2)15(20)11-9-12(16)14(17)13(18)10-11/h9-10H,3-8,18H2,1-2H3. The molecule has 0 radical (unpaired) electrons. The number of halogens is 2. The van der Waals surface area contributed by atoms with Crippen molar-refractivity contribution in [3.8, 4) is 0 Å². The maximum atomic E-state index is 12.5. The van der Waals surface area contributed by atoms with Gasteiger partial charge in [0.25, 0.3) is 5.91 Å². The van der Waals surface area contributed by atoms with Crippen LogP contribution in [-0.2, 0) is 0 Å². The predicted molar refractivity (Wildman–Crippen MR) is 86.6 cm³/mol. The van der Waals surface area contributed by atoms with Crippen LogP contribution in [0.3, 0.4) is 0 Å². The van der Waals surface area contributed by atoms with Crippen molar-refractivity contribution >= 4 is 34.8 Å². The number of hydrogen-bond acceptors (Lipinski definition) is 2. The Morgan fingerprint density at radius 2 is 1.70 bits per heavy atom. The van der Waals surface area contributed by atoms with Crippen LogP contribution in [0.15, 0.2) is 12.1 Å². The van der Waals surface area contributed by atoms with Crippen molar-refractivity contribution in [1.29, 1.82) is 0 Å². The monoisotopic (exact) mass is 316 g/mol. The number of nitrogens with two attached hydrogens (primary N) is 1. The van der Waals surface area contributed by atoms with E-state index >= 15 is 0 Å². The molecular formula is C15H22Cl2N2O. The van der Waals surface area contributed by atoms with Crippen LogP contribution < -0.4 is 5.73 Å². The smallest absolute Gasteiger partial charge is 0.253 e. The first-order valence-corrected chi connectivity index (χ1v) is 7.80. The molecular weight excluding hydrogens is 295 g/mol. The van der Waals surface area contributed by atoms with Gasteiger partial charge in [-0.25, -0.2) is 0 Å². The zero-order valence-electron chi connectivity index (χ0n) is 12.1. The van der Waals surface area contributed by atoms with E-state index < -0.39 is 0 Å². The lowest BCUT2D eigenvalue weighted by atomic mass is 10.1. The summed E-state index contributed by atoms with van der Waals surface area (Å²) in [7, 11) is 0. The third-order valence-electron chi connectivity index (χ3n) is 3.15. The molecule has 0 aliphatic carbocycles. The largest absolute Gasteiger partial charge is 0.397 e. The van der Waals surface area contributed by atoms with Crippen molar-refractivity contribution in [3.63, 3.8) is 0 Å². The predicted octanol–water partition coefficient (Wildman–Crippen LogP) is 4.62. The maximum absolute atomic E-state index is 12.5. The van der Waals surface area contributed by atoms with Crippen molar-refractivity contribution in [2.75, 3.05) is 18.8 Å². The Morgan fingerprint density at radius 3 is 2.15 bits per heavy atom. The van der Waals surface area contributed by atoms with Crippen LogP contribution >= 0.6 is 23.2 Å². The van der Waals surface area contributed by atoms with Crippen LogP contribution in [-0.4, -0.2) is 23.9 Å². The average Bonchev–Trinajstić information content (AvgIpc) is 2.43. The summed E-state index contributed by atoms with van der Waals surface area (Å²) in [5.41, 5.74) is 6.62. The van der Waals surface area contributed by atoms with Crippen molar-refractivity contribution in [2.45, 2.75) is 39.5 Å². The highest BCUT2D eigenvalue weighted by molar-refractivity contribution is 6.43. The van der Waals surface area contributed by atoms with Crippen molar-refractivity contribution in [3.05, 3.63) is 27.7 Å². The Morgan fingerprint density at radius 1 is 1.15 bits per heavy atom. The Bertz CT molecular complexity index is 432. The molecule has 0 unspecified atom stereocenters. The molecule has 112 valence electrons. The van der Waals surface area contributed by atoms with Gasteiger partial charge in [-0.1, -0.05) is 49.9 Å². The molecule has 0 aliphatic heterocycles. The van der Waals surface area contributed by atoms with E-state index in [1.807, 2.05) is 4.90 Å². The number of rotatable bonds is 7. The van der Waals surface area contributed by atoms with Gasteiger partial charge in [0.05, 0.1) is 15.7 Å². The fourth-order valence-electron chi connectivity index (χ4n) is 1.93. The Balaban J connectivity index is 2.92. The summed E-state index contributed by atoms with van der Waals surface area (Å²) < 4.78 is 0. The summed E-state index contributed by atoms with van der Waals surface area (Å²) in [5.74, 6) is -0.0304. The second kappa shape index (κ2) is 8.38. The molecule has 1 aromatic rings. The minimum Gasteiger partial charge on any atom is -0.397 e. The second-order valence-electron chi connectivity index (χ2n) is 4.86. The van der Waals surface area contributed by atoms with Gasteiger partial charge in [-0.15, -0.1) is 0 Å². The van der Waals surface area contributed by atoms with Crippen LogP contribution in [0.4, 0.5) is 5.69 Å². The summed E-state index contributed by atoms with van der Waals surface area (Å²) in [6, 6.07) is 3.19. The quantitative estimate of drug-likeness (QED) is 0.746. The van der Waals surface area contributed by atoms with Gasteiger partial charge in [-0.05, 0) is 25.0 Å². The highest BCUT2D eigenvalue weighted by Gasteiger charge is 2.17. The first kappa shape index (κ1) is 17.1. The van der Waals surface area contributed by atoms with E-state index in [4.69, 9.17) is 28.9 Å². The maximum Gasteiger partial charge on any atom is 0.253 e. The third-order valence-corrected chi connectivity index (χ3v) is 3.97. The number of nitrogens with zero attached hydrogens (tertiary/aromatic N) is 1. The van der Waals surface area contributed by atoms with Gasteiger partial charge in [-0.3, -0.25) is 4.79 Å². The number of unbranched alkanes of at least 4 members (excludes halogenated alkanes) is 2. The SMILES string of the molecule is CCCCN(CCCC)C(=O)c1cc(N)c(Cl)c(Cl)c1. The molecule has 0 saturated heterocycles. The molecule has 0 heterocycles. The Kier molecular flexibility index (Phi) is 7.17. The van der Waals surface area contributed by atoms with Crippen LogP contribution in [0.25, 0.3) is 0 Å².